The van der Waals surface area contributed by atoms with Crippen molar-refractivity contribution in [1.82, 2.24) is 20.0 Å². The Kier molecular flexibility index (Phi) is 6.19. The largest absolute Gasteiger partial charge is 0.366 e. The summed E-state index contributed by atoms with van der Waals surface area (Å²) >= 11 is 0. The number of ether oxygens (including phenoxy) is 1. The van der Waals surface area contributed by atoms with Crippen molar-refractivity contribution in [3.8, 4) is 0 Å². The smallest absolute Gasteiger partial charge is 0.250 e. The van der Waals surface area contributed by atoms with Gasteiger partial charge in [-0.15, -0.1) is 0 Å². The number of amides is 1. The fraction of sp³-hybridized carbons (Fsp3) is 0.474. The van der Waals surface area contributed by atoms with Crippen LogP contribution in [0.4, 0.5) is 0 Å². The van der Waals surface area contributed by atoms with E-state index in [2.05, 4.69) is 27.4 Å². The number of nitrogens with zero attached hydrogens (tertiary/aromatic N) is 3. The highest BCUT2D eigenvalue weighted by atomic mass is 16.5. The molecule has 25 heavy (non-hydrogen) atoms. The Balaban J connectivity index is 1.39. The Morgan fingerprint density at radius 1 is 1.32 bits per heavy atom. The van der Waals surface area contributed by atoms with Crippen LogP contribution in [0, 0.1) is 0 Å². The van der Waals surface area contributed by atoms with Gasteiger partial charge in [0.1, 0.15) is 6.10 Å². The second kappa shape index (κ2) is 8.78. The van der Waals surface area contributed by atoms with Crippen LogP contribution in [0.2, 0.25) is 0 Å². The Hall–Kier alpha value is -2.18. The molecule has 0 saturated carbocycles. The summed E-state index contributed by atoms with van der Waals surface area (Å²) in [6.45, 7) is 3.62. The molecule has 0 spiro atoms. The lowest BCUT2D eigenvalue weighted by Gasteiger charge is -2.32. The standard InChI is InChI=1S/C19H26N4O2/c1-22-13-17(12-21-22)8-5-9-20-19(24)18-15-23(10-11-25-18)14-16-6-3-2-4-7-16/h2-4,6-7,12-13,18H,5,8-11,14-15H2,1H3,(H,20,24)/t18-/m1/s1. The first kappa shape index (κ1) is 17.6. The van der Waals surface area contributed by atoms with E-state index in [4.69, 9.17) is 4.74 Å². The molecule has 1 aromatic heterocycles. The van der Waals surface area contributed by atoms with Gasteiger partial charge < -0.3 is 10.1 Å². The SMILES string of the molecule is Cn1cc(CCCNC(=O)[C@H]2CN(Cc3ccccc3)CCO2)cn1. The van der Waals surface area contributed by atoms with E-state index in [1.807, 2.05) is 37.6 Å². The van der Waals surface area contributed by atoms with Crippen molar-refractivity contribution in [2.24, 2.45) is 7.05 Å². The van der Waals surface area contributed by atoms with Gasteiger partial charge >= 0.3 is 0 Å². The summed E-state index contributed by atoms with van der Waals surface area (Å²) in [4.78, 5) is 14.6. The maximum Gasteiger partial charge on any atom is 0.250 e. The highest BCUT2D eigenvalue weighted by Gasteiger charge is 2.26. The molecule has 0 aliphatic carbocycles. The molecule has 1 N–H and O–H groups in total. The van der Waals surface area contributed by atoms with Crippen LogP contribution >= 0.6 is 0 Å². The Bertz CT molecular complexity index is 671. The van der Waals surface area contributed by atoms with E-state index in [1.54, 1.807) is 4.68 Å². The van der Waals surface area contributed by atoms with E-state index in [-0.39, 0.29) is 12.0 Å². The molecule has 3 rings (SSSR count). The Morgan fingerprint density at radius 3 is 2.92 bits per heavy atom. The van der Waals surface area contributed by atoms with Crippen molar-refractivity contribution in [1.29, 1.82) is 0 Å². The molecular formula is C19H26N4O2. The molecule has 0 bridgehead atoms. The zero-order valence-corrected chi connectivity index (χ0v) is 14.7. The van der Waals surface area contributed by atoms with E-state index in [9.17, 15) is 4.79 Å². The van der Waals surface area contributed by atoms with E-state index in [1.165, 1.54) is 11.1 Å². The number of morpholine rings is 1. The third-order valence-electron chi connectivity index (χ3n) is 4.39. The molecule has 2 heterocycles. The van der Waals surface area contributed by atoms with Crippen LogP contribution in [-0.2, 0) is 29.5 Å². The number of nitrogens with one attached hydrogen (secondary N) is 1. The van der Waals surface area contributed by atoms with Crippen molar-refractivity contribution in [3.63, 3.8) is 0 Å². The normalized spacial score (nSPS) is 18.2. The summed E-state index contributed by atoms with van der Waals surface area (Å²) in [7, 11) is 1.91. The lowest BCUT2D eigenvalue weighted by Crippen LogP contribution is -2.49. The molecule has 1 aliphatic heterocycles. The van der Waals surface area contributed by atoms with Gasteiger partial charge in [-0.25, -0.2) is 0 Å². The van der Waals surface area contributed by atoms with Gasteiger partial charge in [0.25, 0.3) is 0 Å². The molecule has 1 fully saturated rings. The lowest BCUT2D eigenvalue weighted by molar-refractivity contribution is -0.138. The molecule has 0 unspecified atom stereocenters. The number of carbonyl (C=O) groups is 1. The fourth-order valence-corrected chi connectivity index (χ4v) is 3.07. The lowest BCUT2D eigenvalue weighted by atomic mass is 10.1. The second-order valence-corrected chi connectivity index (χ2v) is 6.50. The maximum absolute atomic E-state index is 12.3. The maximum atomic E-state index is 12.3. The van der Waals surface area contributed by atoms with Crippen LogP contribution in [0.5, 0.6) is 0 Å². The zero-order valence-electron chi connectivity index (χ0n) is 14.7. The molecule has 0 radical (unpaired) electrons. The van der Waals surface area contributed by atoms with Crippen LogP contribution in [0.25, 0.3) is 0 Å². The minimum Gasteiger partial charge on any atom is -0.366 e. The van der Waals surface area contributed by atoms with Gasteiger partial charge in [0.05, 0.1) is 12.8 Å². The van der Waals surface area contributed by atoms with Gasteiger partial charge in [0.15, 0.2) is 0 Å². The predicted molar refractivity (Wildman–Crippen MR) is 96.0 cm³/mol. The first-order valence-corrected chi connectivity index (χ1v) is 8.84. The molecule has 1 atom stereocenters. The molecule has 6 heteroatoms. The number of hydrogen-bond donors (Lipinski definition) is 1. The fourth-order valence-electron chi connectivity index (χ4n) is 3.07. The summed E-state index contributed by atoms with van der Waals surface area (Å²) in [5.41, 5.74) is 2.46. The molecule has 6 nitrogen and oxygen atoms in total. The Morgan fingerprint density at radius 2 is 2.16 bits per heavy atom. The van der Waals surface area contributed by atoms with Crippen molar-refractivity contribution in [3.05, 3.63) is 53.9 Å². The summed E-state index contributed by atoms with van der Waals surface area (Å²) in [6, 6.07) is 10.3. The Labute approximate surface area is 148 Å². The highest BCUT2D eigenvalue weighted by molar-refractivity contribution is 5.81. The zero-order chi connectivity index (χ0) is 17.5. The topological polar surface area (TPSA) is 59.4 Å². The van der Waals surface area contributed by atoms with E-state index in [0.29, 0.717) is 19.7 Å². The molecule has 2 aromatic rings. The van der Waals surface area contributed by atoms with Crippen LogP contribution in [-0.4, -0.2) is 52.9 Å². The number of carbonyl (C=O) groups excluding carboxylic acids is 1. The van der Waals surface area contributed by atoms with Gasteiger partial charge in [-0.05, 0) is 24.0 Å². The summed E-state index contributed by atoms with van der Waals surface area (Å²) in [6.07, 6.45) is 5.31. The van der Waals surface area contributed by atoms with Crippen molar-refractivity contribution in [2.45, 2.75) is 25.5 Å². The number of hydrogen-bond acceptors (Lipinski definition) is 4. The minimum absolute atomic E-state index is 0.0102. The van der Waals surface area contributed by atoms with Gasteiger partial charge in [0, 0.05) is 39.4 Å². The molecule has 1 amide bonds. The number of rotatable bonds is 7. The average molecular weight is 342 g/mol. The van der Waals surface area contributed by atoms with Crippen molar-refractivity contribution >= 4 is 5.91 Å². The predicted octanol–water partition coefficient (Wildman–Crippen LogP) is 1.37. The third kappa shape index (κ3) is 5.41. The van der Waals surface area contributed by atoms with Gasteiger partial charge in [-0.3, -0.25) is 14.4 Å². The quantitative estimate of drug-likeness (QED) is 0.772. The molecule has 1 saturated heterocycles. The van der Waals surface area contributed by atoms with E-state index >= 15 is 0 Å². The second-order valence-electron chi connectivity index (χ2n) is 6.50. The minimum atomic E-state index is -0.379. The molecule has 1 aliphatic rings. The summed E-state index contributed by atoms with van der Waals surface area (Å²) in [5.74, 6) is -0.0102. The molecular weight excluding hydrogens is 316 g/mol. The van der Waals surface area contributed by atoms with E-state index in [0.717, 1.165) is 25.9 Å². The molecule has 134 valence electrons. The van der Waals surface area contributed by atoms with Crippen molar-refractivity contribution in [2.75, 3.05) is 26.2 Å². The number of aryl methyl sites for hydroxylation is 2. The van der Waals surface area contributed by atoms with Crippen LogP contribution in [0.1, 0.15) is 17.5 Å². The van der Waals surface area contributed by atoms with Gasteiger partial charge in [-0.2, -0.15) is 5.10 Å². The van der Waals surface area contributed by atoms with Crippen LogP contribution in [0.15, 0.2) is 42.7 Å². The highest BCUT2D eigenvalue weighted by Crippen LogP contribution is 2.10. The van der Waals surface area contributed by atoms with E-state index < -0.39 is 0 Å². The van der Waals surface area contributed by atoms with Crippen molar-refractivity contribution < 1.29 is 9.53 Å². The van der Waals surface area contributed by atoms with Gasteiger partial charge in [-0.1, -0.05) is 30.3 Å². The number of benzene rings is 1. The first-order chi connectivity index (χ1) is 12.2. The summed E-state index contributed by atoms with van der Waals surface area (Å²) < 4.78 is 7.46. The van der Waals surface area contributed by atoms with Crippen LogP contribution < -0.4 is 5.32 Å². The van der Waals surface area contributed by atoms with Crippen LogP contribution in [0.3, 0.4) is 0 Å². The molecule has 1 aromatic carbocycles. The third-order valence-corrected chi connectivity index (χ3v) is 4.39. The van der Waals surface area contributed by atoms with Gasteiger partial charge in [0.2, 0.25) is 5.91 Å². The first-order valence-electron chi connectivity index (χ1n) is 8.84. The number of aromatic nitrogens is 2. The monoisotopic (exact) mass is 342 g/mol. The average Bonchev–Trinajstić information content (AvgIpc) is 3.05. The summed E-state index contributed by atoms with van der Waals surface area (Å²) in [5, 5.41) is 7.15.